The van der Waals surface area contributed by atoms with Gasteiger partial charge in [-0.3, -0.25) is 4.79 Å². The number of amides is 1. The third-order valence-electron chi connectivity index (χ3n) is 2.89. The number of halogens is 1. The third-order valence-corrected chi connectivity index (χ3v) is 3.38. The van der Waals surface area contributed by atoms with Crippen molar-refractivity contribution >= 4 is 21.8 Å². The van der Waals surface area contributed by atoms with Crippen LogP contribution >= 0.6 is 15.9 Å². The second kappa shape index (κ2) is 5.96. The van der Waals surface area contributed by atoms with Gasteiger partial charge in [0, 0.05) is 18.1 Å². The van der Waals surface area contributed by atoms with E-state index in [0.29, 0.717) is 6.54 Å². The SMILES string of the molecule is CN(Cc1cccc(Br)c1)C(=O)c1c(O)cccc1O. The van der Waals surface area contributed by atoms with Gasteiger partial charge in [0.15, 0.2) is 0 Å². The van der Waals surface area contributed by atoms with Crippen molar-refractivity contribution in [3.05, 3.63) is 58.1 Å². The molecule has 2 aromatic rings. The van der Waals surface area contributed by atoms with Crippen LogP contribution < -0.4 is 0 Å². The van der Waals surface area contributed by atoms with E-state index in [1.54, 1.807) is 7.05 Å². The Balaban J connectivity index is 2.21. The van der Waals surface area contributed by atoms with Crippen molar-refractivity contribution in [3.8, 4) is 11.5 Å². The molecule has 0 radical (unpaired) electrons. The molecule has 104 valence electrons. The van der Waals surface area contributed by atoms with Gasteiger partial charge in [-0.05, 0) is 29.8 Å². The first-order valence-electron chi connectivity index (χ1n) is 6.00. The van der Waals surface area contributed by atoms with Crippen LogP contribution in [-0.2, 0) is 6.54 Å². The molecule has 20 heavy (non-hydrogen) atoms. The molecular weight excluding hydrogens is 322 g/mol. The summed E-state index contributed by atoms with van der Waals surface area (Å²) in [6, 6.07) is 11.8. The van der Waals surface area contributed by atoms with E-state index < -0.39 is 5.91 Å². The van der Waals surface area contributed by atoms with Gasteiger partial charge < -0.3 is 15.1 Å². The number of nitrogens with zero attached hydrogens (tertiary/aromatic N) is 1. The molecule has 2 N–H and O–H groups in total. The van der Waals surface area contributed by atoms with E-state index in [0.717, 1.165) is 10.0 Å². The van der Waals surface area contributed by atoms with E-state index in [4.69, 9.17) is 0 Å². The maximum atomic E-state index is 12.3. The van der Waals surface area contributed by atoms with Gasteiger partial charge in [-0.15, -0.1) is 0 Å². The molecule has 0 aliphatic rings. The number of phenolic OH excluding ortho intramolecular Hbond substituents is 2. The van der Waals surface area contributed by atoms with Crippen LogP contribution in [0.15, 0.2) is 46.9 Å². The summed E-state index contributed by atoms with van der Waals surface area (Å²) >= 11 is 3.37. The largest absolute Gasteiger partial charge is 0.507 e. The minimum absolute atomic E-state index is 0.0787. The van der Waals surface area contributed by atoms with E-state index in [1.165, 1.54) is 23.1 Å². The average Bonchev–Trinajstić information content (AvgIpc) is 2.38. The zero-order chi connectivity index (χ0) is 14.7. The van der Waals surface area contributed by atoms with E-state index in [1.807, 2.05) is 24.3 Å². The van der Waals surface area contributed by atoms with Gasteiger partial charge in [0.2, 0.25) is 0 Å². The Morgan fingerprint density at radius 3 is 2.35 bits per heavy atom. The van der Waals surface area contributed by atoms with Crippen LogP contribution in [0.3, 0.4) is 0 Å². The summed E-state index contributed by atoms with van der Waals surface area (Å²) in [5.74, 6) is -0.882. The second-order valence-corrected chi connectivity index (χ2v) is 5.38. The van der Waals surface area contributed by atoms with Crippen LogP contribution in [0.5, 0.6) is 11.5 Å². The molecule has 0 aliphatic carbocycles. The molecule has 2 rings (SSSR count). The Bertz CT molecular complexity index is 623. The van der Waals surface area contributed by atoms with Crippen LogP contribution in [0.4, 0.5) is 0 Å². The zero-order valence-corrected chi connectivity index (χ0v) is 12.5. The van der Waals surface area contributed by atoms with Crippen LogP contribution in [0.25, 0.3) is 0 Å². The highest BCUT2D eigenvalue weighted by atomic mass is 79.9. The summed E-state index contributed by atoms with van der Waals surface area (Å²) in [7, 11) is 1.62. The van der Waals surface area contributed by atoms with Crippen LogP contribution in [-0.4, -0.2) is 28.1 Å². The molecule has 0 fully saturated rings. The first-order valence-corrected chi connectivity index (χ1v) is 6.79. The molecule has 4 nitrogen and oxygen atoms in total. The van der Waals surface area contributed by atoms with Crippen molar-refractivity contribution in [2.24, 2.45) is 0 Å². The van der Waals surface area contributed by atoms with Gasteiger partial charge in [0.1, 0.15) is 17.1 Å². The van der Waals surface area contributed by atoms with Crippen molar-refractivity contribution in [1.29, 1.82) is 0 Å². The van der Waals surface area contributed by atoms with Crippen LogP contribution in [0, 0.1) is 0 Å². The summed E-state index contributed by atoms with van der Waals surface area (Å²) in [4.78, 5) is 13.7. The lowest BCUT2D eigenvalue weighted by molar-refractivity contribution is 0.0779. The number of rotatable bonds is 3. The van der Waals surface area contributed by atoms with Crippen LogP contribution in [0.2, 0.25) is 0 Å². The van der Waals surface area contributed by atoms with Gasteiger partial charge in [-0.2, -0.15) is 0 Å². The topological polar surface area (TPSA) is 60.8 Å². The van der Waals surface area contributed by atoms with Gasteiger partial charge in [0.05, 0.1) is 0 Å². The smallest absolute Gasteiger partial charge is 0.261 e. The Morgan fingerprint density at radius 2 is 1.75 bits per heavy atom. The Labute approximate surface area is 125 Å². The van der Waals surface area contributed by atoms with Crippen molar-refractivity contribution in [2.75, 3.05) is 7.05 Å². The number of benzene rings is 2. The highest BCUT2D eigenvalue weighted by Crippen LogP contribution is 2.27. The molecule has 0 bridgehead atoms. The number of aromatic hydroxyl groups is 2. The molecule has 0 atom stereocenters. The standard InChI is InChI=1S/C15H14BrNO3/c1-17(9-10-4-2-5-11(16)8-10)15(20)14-12(18)6-3-7-13(14)19/h2-8,18-19H,9H2,1H3. The van der Waals surface area contributed by atoms with Crippen molar-refractivity contribution in [3.63, 3.8) is 0 Å². The Hall–Kier alpha value is -2.01. The molecule has 0 aliphatic heterocycles. The lowest BCUT2D eigenvalue weighted by atomic mass is 10.1. The predicted octanol–water partition coefficient (Wildman–Crippen LogP) is 3.13. The Morgan fingerprint density at radius 1 is 1.15 bits per heavy atom. The van der Waals surface area contributed by atoms with Gasteiger partial charge in [0.25, 0.3) is 5.91 Å². The lowest BCUT2D eigenvalue weighted by Gasteiger charge is -2.18. The zero-order valence-electron chi connectivity index (χ0n) is 10.9. The molecule has 0 unspecified atom stereocenters. The predicted molar refractivity (Wildman–Crippen MR) is 79.7 cm³/mol. The minimum Gasteiger partial charge on any atom is -0.507 e. The molecule has 0 aromatic heterocycles. The number of carbonyl (C=O) groups excluding carboxylic acids is 1. The monoisotopic (exact) mass is 335 g/mol. The fraction of sp³-hybridized carbons (Fsp3) is 0.133. The highest BCUT2D eigenvalue weighted by molar-refractivity contribution is 9.10. The maximum absolute atomic E-state index is 12.3. The first kappa shape index (κ1) is 14.4. The number of hydrogen-bond donors (Lipinski definition) is 2. The molecule has 2 aromatic carbocycles. The van der Waals surface area contributed by atoms with E-state index in [9.17, 15) is 15.0 Å². The summed E-state index contributed by atoms with van der Waals surface area (Å²) in [5.41, 5.74) is 0.870. The van der Waals surface area contributed by atoms with Crippen molar-refractivity contribution in [1.82, 2.24) is 4.90 Å². The summed E-state index contributed by atoms with van der Waals surface area (Å²) < 4.78 is 0.932. The number of carbonyl (C=O) groups is 1. The average molecular weight is 336 g/mol. The maximum Gasteiger partial charge on any atom is 0.261 e. The quantitative estimate of drug-likeness (QED) is 0.905. The molecule has 0 spiro atoms. The minimum atomic E-state index is -0.430. The molecule has 5 heteroatoms. The fourth-order valence-electron chi connectivity index (χ4n) is 1.92. The number of phenols is 2. The second-order valence-electron chi connectivity index (χ2n) is 4.46. The van der Waals surface area contributed by atoms with E-state index >= 15 is 0 Å². The van der Waals surface area contributed by atoms with E-state index in [2.05, 4.69) is 15.9 Å². The molecule has 1 amide bonds. The first-order chi connectivity index (χ1) is 9.49. The molecule has 0 heterocycles. The third kappa shape index (κ3) is 3.11. The van der Waals surface area contributed by atoms with Crippen molar-refractivity contribution < 1.29 is 15.0 Å². The summed E-state index contributed by atoms with van der Waals surface area (Å²) in [6.45, 7) is 0.381. The van der Waals surface area contributed by atoms with E-state index in [-0.39, 0.29) is 17.1 Å². The fourth-order valence-corrected chi connectivity index (χ4v) is 2.37. The van der Waals surface area contributed by atoms with Gasteiger partial charge in [-0.1, -0.05) is 34.1 Å². The van der Waals surface area contributed by atoms with Crippen molar-refractivity contribution in [2.45, 2.75) is 6.54 Å². The lowest BCUT2D eigenvalue weighted by Crippen LogP contribution is -2.26. The Kier molecular flexibility index (Phi) is 4.29. The normalized spacial score (nSPS) is 10.3. The van der Waals surface area contributed by atoms with Gasteiger partial charge in [-0.25, -0.2) is 0 Å². The van der Waals surface area contributed by atoms with Crippen LogP contribution in [0.1, 0.15) is 15.9 Å². The summed E-state index contributed by atoms with van der Waals surface area (Å²) in [6.07, 6.45) is 0. The van der Waals surface area contributed by atoms with Gasteiger partial charge >= 0.3 is 0 Å². The molecule has 0 saturated heterocycles. The highest BCUT2D eigenvalue weighted by Gasteiger charge is 2.19. The summed E-state index contributed by atoms with van der Waals surface area (Å²) in [5, 5.41) is 19.4. The molecule has 0 saturated carbocycles. The number of hydrogen-bond acceptors (Lipinski definition) is 3. The molecular formula is C15H14BrNO3.